The highest BCUT2D eigenvalue weighted by atomic mass is 19.1. The number of aryl methyl sites for hydroxylation is 3. The van der Waals surface area contributed by atoms with Crippen LogP contribution < -0.4 is 0 Å². The zero-order chi connectivity index (χ0) is 18.7. The number of imidazole rings is 1. The Morgan fingerprint density at radius 3 is 2.54 bits per heavy atom. The highest BCUT2D eigenvalue weighted by Gasteiger charge is 2.14. The van der Waals surface area contributed by atoms with Crippen molar-refractivity contribution in [3.05, 3.63) is 65.3 Å². The van der Waals surface area contributed by atoms with Crippen LogP contribution in [0.2, 0.25) is 0 Å². The number of halogens is 1. The van der Waals surface area contributed by atoms with E-state index < -0.39 is 0 Å². The fraction of sp³-hybridized carbons (Fsp3) is 0.400. The maximum atomic E-state index is 13.2. The van der Waals surface area contributed by atoms with Gasteiger partial charge in [0.2, 0.25) is 0 Å². The Labute approximate surface area is 154 Å². The Balaban J connectivity index is 1.64. The van der Waals surface area contributed by atoms with Gasteiger partial charge in [-0.25, -0.2) is 14.1 Å². The van der Waals surface area contributed by atoms with E-state index in [4.69, 9.17) is 0 Å². The molecule has 3 rings (SSSR count). The van der Waals surface area contributed by atoms with E-state index >= 15 is 0 Å². The molecular formula is C20H26FN5. The Hall–Kier alpha value is -2.47. The van der Waals surface area contributed by atoms with Gasteiger partial charge in [0.25, 0.3) is 0 Å². The first-order chi connectivity index (χ1) is 12.5. The lowest BCUT2D eigenvalue weighted by atomic mass is 10.1. The van der Waals surface area contributed by atoms with E-state index in [-0.39, 0.29) is 5.82 Å². The van der Waals surface area contributed by atoms with Crippen LogP contribution in [-0.2, 0) is 20.0 Å². The van der Waals surface area contributed by atoms with Gasteiger partial charge in [0.05, 0.1) is 11.4 Å². The van der Waals surface area contributed by atoms with Gasteiger partial charge in [-0.15, -0.1) is 0 Å². The minimum absolute atomic E-state index is 0.233. The SMILES string of the molecule is Cc1nn(-c2ccc(F)cc2)c(C)c1CN(C)CCCc1nccn1C. The van der Waals surface area contributed by atoms with Gasteiger partial charge >= 0.3 is 0 Å². The molecule has 0 amide bonds. The summed E-state index contributed by atoms with van der Waals surface area (Å²) in [6.07, 6.45) is 5.86. The van der Waals surface area contributed by atoms with Crippen molar-refractivity contribution in [2.24, 2.45) is 7.05 Å². The molecular weight excluding hydrogens is 329 g/mol. The molecule has 3 aromatic rings. The molecule has 0 fully saturated rings. The molecule has 0 radical (unpaired) electrons. The van der Waals surface area contributed by atoms with Crippen LogP contribution in [0.5, 0.6) is 0 Å². The van der Waals surface area contributed by atoms with E-state index in [1.807, 2.05) is 31.0 Å². The van der Waals surface area contributed by atoms with Crippen LogP contribution in [-0.4, -0.2) is 37.8 Å². The predicted octanol–water partition coefficient (Wildman–Crippen LogP) is 3.43. The predicted molar refractivity (Wildman–Crippen MR) is 101 cm³/mol. The van der Waals surface area contributed by atoms with Gasteiger partial charge in [-0.2, -0.15) is 5.10 Å². The fourth-order valence-corrected chi connectivity index (χ4v) is 3.23. The number of benzene rings is 1. The Morgan fingerprint density at radius 1 is 1.15 bits per heavy atom. The maximum absolute atomic E-state index is 13.2. The third kappa shape index (κ3) is 4.02. The van der Waals surface area contributed by atoms with Crippen molar-refractivity contribution in [3.63, 3.8) is 0 Å². The molecule has 2 heterocycles. The topological polar surface area (TPSA) is 38.9 Å². The van der Waals surface area contributed by atoms with Gasteiger partial charge in [-0.1, -0.05) is 0 Å². The van der Waals surface area contributed by atoms with Crippen molar-refractivity contribution >= 4 is 0 Å². The highest BCUT2D eigenvalue weighted by molar-refractivity contribution is 5.37. The van der Waals surface area contributed by atoms with Crippen LogP contribution in [0, 0.1) is 19.7 Å². The molecule has 0 bridgehead atoms. The van der Waals surface area contributed by atoms with Crippen LogP contribution in [0.1, 0.15) is 29.2 Å². The number of rotatable bonds is 7. The maximum Gasteiger partial charge on any atom is 0.123 e. The number of aromatic nitrogens is 4. The Bertz CT molecular complexity index is 863. The second-order valence-electron chi connectivity index (χ2n) is 6.83. The minimum atomic E-state index is -0.233. The van der Waals surface area contributed by atoms with Gasteiger partial charge in [-0.3, -0.25) is 0 Å². The zero-order valence-electron chi connectivity index (χ0n) is 15.9. The molecule has 6 heteroatoms. The van der Waals surface area contributed by atoms with Crippen LogP contribution in [0.4, 0.5) is 4.39 Å². The lowest BCUT2D eigenvalue weighted by Crippen LogP contribution is -2.20. The van der Waals surface area contributed by atoms with E-state index in [2.05, 4.69) is 33.5 Å². The second kappa shape index (κ2) is 7.83. The summed E-state index contributed by atoms with van der Waals surface area (Å²) in [7, 11) is 4.16. The quantitative estimate of drug-likeness (QED) is 0.652. The third-order valence-electron chi connectivity index (χ3n) is 4.80. The van der Waals surface area contributed by atoms with Gasteiger partial charge in [0, 0.05) is 43.7 Å². The smallest absolute Gasteiger partial charge is 0.123 e. The standard InChI is InChI=1S/C20H26FN5/c1-15-19(14-24(3)12-5-6-20-22-11-13-25(20)4)16(2)26(23-15)18-9-7-17(21)8-10-18/h7-11,13H,5-6,12,14H2,1-4H3. The molecule has 138 valence electrons. The summed E-state index contributed by atoms with van der Waals surface area (Å²) < 4.78 is 17.1. The first-order valence-electron chi connectivity index (χ1n) is 8.91. The molecule has 5 nitrogen and oxygen atoms in total. The van der Waals surface area contributed by atoms with Crippen molar-refractivity contribution in [3.8, 4) is 5.69 Å². The largest absolute Gasteiger partial charge is 0.338 e. The molecule has 26 heavy (non-hydrogen) atoms. The van der Waals surface area contributed by atoms with Crippen molar-refractivity contribution in [1.29, 1.82) is 0 Å². The lowest BCUT2D eigenvalue weighted by molar-refractivity contribution is 0.319. The first kappa shape index (κ1) is 18.3. The Kier molecular flexibility index (Phi) is 5.52. The van der Waals surface area contributed by atoms with Gasteiger partial charge in [-0.05, 0) is 58.1 Å². The van der Waals surface area contributed by atoms with E-state index in [0.29, 0.717) is 0 Å². The van der Waals surface area contributed by atoms with Crippen LogP contribution >= 0.6 is 0 Å². The molecule has 0 saturated carbocycles. The Morgan fingerprint density at radius 2 is 1.88 bits per heavy atom. The van der Waals surface area contributed by atoms with E-state index in [0.717, 1.165) is 48.8 Å². The summed E-state index contributed by atoms with van der Waals surface area (Å²) in [5.74, 6) is 0.887. The van der Waals surface area contributed by atoms with Crippen LogP contribution in [0.15, 0.2) is 36.7 Å². The van der Waals surface area contributed by atoms with E-state index in [1.165, 1.54) is 17.7 Å². The normalized spacial score (nSPS) is 11.5. The molecule has 1 aromatic carbocycles. The van der Waals surface area contributed by atoms with Gasteiger partial charge in [0.1, 0.15) is 11.6 Å². The summed E-state index contributed by atoms with van der Waals surface area (Å²) in [6.45, 7) is 5.94. The summed E-state index contributed by atoms with van der Waals surface area (Å²) in [6, 6.07) is 6.45. The molecule has 0 aliphatic carbocycles. The molecule has 0 N–H and O–H groups in total. The average Bonchev–Trinajstić information content (AvgIpc) is 3.14. The average molecular weight is 355 g/mol. The van der Waals surface area contributed by atoms with Crippen molar-refractivity contribution in [1.82, 2.24) is 24.2 Å². The summed E-state index contributed by atoms with van der Waals surface area (Å²) >= 11 is 0. The number of hydrogen-bond acceptors (Lipinski definition) is 3. The van der Waals surface area contributed by atoms with Gasteiger partial charge in [0.15, 0.2) is 0 Å². The minimum Gasteiger partial charge on any atom is -0.338 e. The fourth-order valence-electron chi connectivity index (χ4n) is 3.23. The molecule has 0 unspecified atom stereocenters. The number of nitrogens with zero attached hydrogens (tertiary/aromatic N) is 5. The van der Waals surface area contributed by atoms with Crippen molar-refractivity contribution in [2.75, 3.05) is 13.6 Å². The third-order valence-corrected chi connectivity index (χ3v) is 4.80. The van der Waals surface area contributed by atoms with Crippen LogP contribution in [0.25, 0.3) is 5.69 Å². The molecule has 0 spiro atoms. The van der Waals surface area contributed by atoms with Crippen LogP contribution in [0.3, 0.4) is 0 Å². The van der Waals surface area contributed by atoms with E-state index in [9.17, 15) is 4.39 Å². The van der Waals surface area contributed by atoms with Crippen molar-refractivity contribution < 1.29 is 4.39 Å². The van der Waals surface area contributed by atoms with Crippen molar-refractivity contribution in [2.45, 2.75) is 33.2 Å². The molecule has 0 atom stereocenters. The second-order valence-corrected chi connectivity index (χ2v) is 6.83. The van der Waals surface area contributed by atoms with Gasteiger partial charge < -0.3 is 9.47 Å². The highest BCUT2D eigenvalue weighted by Crippen LogP contribution is 2.19. The molecule has 0 aliphatic heterocycles. The zero-order valence-corrected chi connectivity index (χ0v) is 15.9. The van der Waals surface area contributed by atoms with E-state index in [1.54, 1.807) is 12.1 Å². The molecule has 2 aromatic heterocycles. The summed E-state index contributed by atoms with van der Waals surface area (Å²) in [5, 5.41) is 4.65. The molecule has 0 aliphatic rings. The lowest BCUT2D eigenvalue weighted by Gasteiger charge is -2.17. The number of hydrogen-bond donors (Lipinski definition) is 0. The summed E-state index contributed by atoms with van der Waals surface area (Å²) in [5.41, 5.74) is 4.23. The monoisotopic (exact) mass is 355 g/mol. The summed E-state index contributed by atoms with van der Waals surface area (Å²) in [4.78, 5) is 6.69. The molecule has 0 saturated heterocycles. The first-order valence-corrected chi connectivity index (χ1v) is 8.91.